The summed E-state index contributed by atoms with van der Waals surface area (Å²) in [5.74, 6) is 0. The van der Waals surface area contributed by atoms with E-state index >= 15 is 0 Å². The number of fused-ring (bicyclic) bond motifs is 3. The topological polar surface area (TPSA) is 25.8 Å². The van der Waals surface area contributed by atoms with Crippen molar-refractivity contribution in [3.05, 3.63) is 217 Å². The molecule has 0 saturated carbocycles. The molecule has 1 atom stereocenters. The average molecular weight is 625 g/mol. The van der Waals surface area contributed by atoms with E-state index in [1.54, 1.807) is 0 Å². The Morgan fingerprint density at radius 3 is 1.51 bits per heavy atom. The third-order valence-corrected chi connectivity index (χ3v) is 9.88. The standard InChI is InChI=1S/C47H32N2/c1-4-12-33(13-5-1)35-20-22-36(23-21-35)45-31-38(34-14-6-2-7-15-34)32-46(49-45)37-24-25-44-42(30-37)41-18-10-11-19-43(41)47(44,39-16-8-3-9-17-39)40-26-28-48-29-27-40/h1-32H. The second-order valence-corrected chi connectivity index (χ2v) is 12.6. The van der Waals surface area contributed by atoms with Crippen LogP contribution in [0.25, 0.3) is 55.9 Å². The lowest BCUT2D eigenvalue weighted by atomic mass is 9.68. The average Bonchev–Trinajstić information content (AvgIpc) is 3.49. The van der Waals surface area contributed by atoms with E-state index in [1.807, 2.05) is 12.4 Å². The highest BCUT2D eigenvalue weighted by Gasteiger charge is 2.46. The minimum atomic E-state index is -0.459. The summed E-state index contributed by atoms with van der Waals surface area (Å²) >= 11 is 0. The van der Waals surface area contributed by atoms with Crippen molar-refractivity contribution in [2.45, 2.75) is 5.41 Å². The number of nitrogens with zero attached hydrogens (tertiary/aromatic N) is 2. The highest BCUT2D eigenvalue weighted by atomic mass is 14.7. The number of hydrogen-bond donors (Lipinski definition) is 0. The largest absolute Gasteiger partial charge is 0.265 e. The van der Waals surface area contributed by atoms with Crippen LogP contribution in [-0.2, 0) is 5.41 Å². The second-order valence-electron chi connectivity index (χ2n) is 12.6. The van der Waals surface area contributed by atoms with Gasteiger partial charge in [0.05, 0.1) is 16.8 Å². The van der Waals surface area contributed by atoms with Crippen LogP contribution in [0.4, 0.5) is 0 Å². The zero-order valence-corrected chi connectivity index (χ0v) is 26.9. The van der Waals surface area contributed by atoms with E-state index in [4.69, 9.17) is 4.98 Å². The first-order chi connectivity index (χ1) is 24.3. The molecule has 1 aliphatic carbocycles. The molecule has 2 nitrogen and oxygen atoms in total. The lowest BCUT2D eigenvalue weighted by Gasteiger charge is -2.33. The Morgan fingerprint density at radius 1 is 0.327 bits per heavy atom. The monoisotopic (exact) mass is 624 g/mol. The van der Waals surface area contributed by atoms with E-state index in [2.05, 4.69) is 187 Å². The maximum Gasteiger partial charge on any atom is 0.0715 e. The van der Waals surface area contributed by atoms with Crippen molar-refractivity contribution in [1.29, 1.82) is 0 Å². The second kappa shape index (κ2) is 12.0. The summed E-state index contributed by atoms with van der Waals surface area (Å²) in [6.45, 7) is 0. The molecule has 2 heterocycles. The highest BCUT2D eigenvalue weighted by Crippen LogP contribution is 2.56. The molecule has 1 aliphatic rings. The van der Waals surface area contributed by atoms with Gasteiger partial charge in [-0.15, -0.1) is 0 Å². The number of benzene rings is 6. The molecule has 6 aromatic carbocycles. The molecule has 0 N–H and O–H groups in total. The molecule has 0 amide bonds. The highest BCUT2D eigenvalue weighted by molar-refractivity contribution is 5.89. The van der Waals surface area contributed by atoms with Gasteiger partial charge in [0.25, 0.3) is 0 Å². The van der Waals surface area contributed by atoms with Gasteiger partial charge in [0.2, 0.25) is 0 Å². The fraction of sp³-hybridized carbons (Fsp3) is 0.0213. The first-order valence-corrected chi connectivity index (χ1v) is 16.7. The van der Waals surface area contributed by atoms with E-state index in [9.17, 15) is 0 Å². The molecule has 0 fully saturated rings. The minimum absolute atomic E-state index is 0.459. The third kappa shape index (κ3) is 4.89. The predicted octanol–water partition coefficient (Wildman–Crippen LogP) is 11.5. The Bertz CT molecular complexity index is 2360. The molecule has 1 unspecified atom stereocenters. The summed E-state index contributed by atoms with van der Waals surface area (Å²) in [7, 11) is 0. The first kappa shape index (κ1) is 28.8. The molecule has 0 aliphatic heterocycles. The van der Waals surface area contributed by atoms with Gasteiger partial charge in [-0.2, -0.15) is 0 Å². The Kier molecular flexibility index (Phi) is 7.06. The van der Waals surface area contributed by atoms with Crippen LogP contribution in [0.15, 0.2) is 194 Å². The summed E-state index contributed by atoms with van der Waals surface area (Å²) in [6.07, 6.45) is 3.81. The normalized spacial score (nSPS) is 14.6. The fourth-order valence-corrected chi connectivity index (χ4v) is 7.61. The summed E-state index contributed by atoms with van der Waals surface area (Å²) in [5.41, 5.74) is 15.8. The number of hydrogen-bond acceptors (Lipinski definition) is 2. The maximum atomic E-state index is 5.33. The SMILES string of the molecule is c1ccc(-c2ccc(-c3cc(-c4ccccc4)cc(-c4ccc5c(c4)-c4ccccc4C5(c4ccccc4)c4ccncc4)n3)cc2)cc1. The van der Waals surface area contributed by atoms with E-state index in [0.29, 0.717) is 0 Å². The van der Waals surface area contributed by atoms with Gasteiger partial charge in [-0.05, 0) is 86.0 Å². The van der Waals surface area contributed by atoms with Crippen LogP contribution < -0.4 is 0 Å². The van der Waals surface area contributed by atoms with Crippen molar-refractivity contribution >= 4 is 0 Å². The van der Waals surface area contributed by atoms with Gasteiger partial charge >= 0.3 is 0 Å². The Morgan fingerprint density at radius 2 is 0.816 bits per heavy atom. The van der Waals surface area contributed by atoms with Gasteiger partial charge < -0.3 is 0 Å². The summed E-state index contributed by atoms with van der Waals surface area (Å²) < 4.78 is 0. The molecular formula is C47H32N2. The van der Waals surface area contributed by atoms with Crippen molar-refractivity contribution in [3.8, 4) is 55.9 Å². The molecule has 49 heavy (non-hydrogen) atoms. The van der Waals surface area contributed by atoms with Crippen LogP contribution >= 0.6 is 0 Å². The van der Waals surface area contributed by atoms with Crippen LogP contribution in [0.2, 0.25) is 0 Å². The van der Waals surface area contributed by atoms with Crippen LogP contribution in [0.1, 0.15) is 22.3 Å². The van der Waals surface area contributed by atoms with E-state index in [1.165, 1.54) is 50.1 Å². The summed E-state index contributed by atoms with van der Waals surface area (Å²) in [5, 5.41) is 0. The van der Waals surface area contributed by atoms with Gasteiger partial charge in [-0.3, -0.25) is 4.98 Å². The molecule has 2 heteroatoms. The van der Waals surface area contributed by atoms with Crippen LogP contribution in [-0.4, -0.2) is 9.97 Å². The Balaban J connectivity index is 1.23. The van der Waals surface area contributed by atoms with Crippen LogP contribution in [0.3, 0.4) is 0 Å². The van der Waals surface area contributed by atoms with Crippen molar-refractivity contribution in [2.24, 2.45) is 0 Å². The molecule has 230 valence electrons. The molecule has 0 bridgehead atoms. The zero-order chi connectivity index (χ0) is 32.6. The quantitative estimate of drug-likeness (QED) is 0.184. The number of rotatable bonds is 6. The van der Waals surface area contributed by atoms with Gasteiger partial charge in [0.15, 0.2) is 0 Å². The lowest BCUT2D eigenvalue weighted by Crippen LogP contribution is -2.28. The molecule has 0 saturated heterocycles. The molecular weight excluding hydrogens is 593 g/mol. The zero-order valence-electron chi connectivity index (χ0n) is 26.9. The van der Waals surface area contributed by atoms with Crippen molar-refractivity contribution < 1.29 is 0 Å². The molecule has 2 aromatic heterocycles. The molecule has 0 radical (unpaired) electrons. The van der Waals surface area contributed by atoms with Gasteiger partial charge in [0, 0.05) is 23.5 Å². The third-order valence-electron chi connectivity index (χ3n) is 9.88. The van der Waals surface area contributed by atoms with Crippen molar-refractivity contribution in [3.63, 3.8) is 0 Å². The summed E-state index contributed by atoms with van der Waals surface area (Å²) in [4.78, 5) is 9.71. The number of aromatic nitrogens is 2. The maximum absolute atomic E-state index is 5.33. The summed E-state index contributed by atoms with van der Waals surface area (Å²) in [6, 6.07) is 65.3. The predicted molar refractivity (Wildman–Crippen MR) is 201 cm³/mol. The molecule has 0 spiro atoms. The Labute approximate surface area is 287 Å². The fourth-order valence-electron chi connectivity index (χ4n) is 7.61. The molecule has 9 rings (SSSR count). The van der Waals surface area contributed by atoms with Crippen molar-refractivity contribution in [2.75, 3.05) is 0 Å². The number of pyridine rings is 2. The minimum Gasteiger partial charge on any atom is -0.265 e. The van der Waals surface area contributed by atoms with Gasteiger partial charge in [-0.1, -0.05) is 152 Å². The van der Waals surface area contributed by atoms with Crippen LogP contribution in [0, 0.1) is 0 Å². The van der Waals surface area contributed by atoms with Crippen molar-refractivity contribution in [1.82, 2.24) is 9.97 Å². The van der Waals surface area contributed by atoms with E-state index in [-0.39, 0.29) is 0 Å². The van der Waals surface area contributed by atoms with Gasteiger partial charge in [0.1, 0.15) is 0 Å². The molecule has 8 aromatic rings. The smallest absolute Gasteiger partial charge is 0.0715 e. The lowest BCUT2D eigenvalue weighted by molar-refractivity contribution is 0.766. The van der Waals surface area contributed by atoms with E-state index < -0.39 is 5.41 Å². The van der Waals surface area contributed by atoms with Crippen LogP contribution in [0.5, 0.6) is 0 Å². The Hall–Kier alpha value is -6.38. The first-order valence-electron chi connectivity index (χ1n) is 16.7. The van der Waals surface area contributed by atoms with E-state index in [0.717, 1.165) is 28.1 Å². The van der Waals surface area contributed by atoms with Gasteiger partial charge in [-0.25, -0.2) is 4.98 Å².